The number of phosphoric acid groups is 1. The van der Waals surface area contributed by atoms with Crippen LogP contribution >= 0.6 is 7.82 Å². The van der Waals surface area contributed by atoms with Crippen LogP contribution in [0.5, 0.6) is 0 Å². The first-order chi connectivity index (χ1) is 25.8. The zero-order valence-corrected chi connectivity index (χ0v) is 35.6. The van der Waals surface area contributed by atoms with Crippen LogP contribution in [0.2, 0.25) is 0 Å². The highest BCUT2D eigenvalue weighted by atomic mass is 31.2. The molecule has 0 aromatic heterocycles. The first-order valence-corrected chi connectivity index (χ1v) is 24.0. The Bertz CT molecular complexity index is 873. The van der Waals surface area contributed by atoms with Crippen molar-refractivity contribution in [1.29, 1.82) is 0 Å². The first kappa shape index (κ1) is 51.8. The van der Waals surface area contributed by atoms with Crippen molar-refractivity contribution in [2.24, 2.45) is 0 Å². The van der Waals surface area contributed by atoms with Crippen molar-refractivity contribution in [2.45, 2.75) is 245 Å². The van der Waals surface area contributed by atoms with E-state index < -0.39 is 32.5 Å². The Kier molecular flexibility index (Phi) is 39.5. The van der Waals surface area contributed by atoms with Crippen LogP contribution in [0.25, 0.3) is 0 Å². The fourth-order valence-electron chi connectivity index (χ4n) is 6.66. The molecule has 8 nitrogen and oxygen atoms in total. The van der Waals surface area contributed by atoms with Gasteiger partial charge in [-0.3, -0.25) is 14.1 Å². The average molecular weight is 773 g/mol. The third-order valence-electron chi connectivity index (χ3n) is 10.0. The molecule has 0 unspecified atom stereocenters. The highest BCUT2D eigenvalue weighted by Crippen LogP contribution is 2.36. The van der Waals surface area contributed by atoms with Gasteiger partial charge < -0.3 is 19.3 Å². The van der Waals surface area contributed by atoms with Gasteiger partial charge in [0, 0.05) is 12.8 Å². The summed E-state index contributed by atoms with van der Waals surface area (Å²) in [5.74, 6) is -0.896. The average Bonchev–Trinajstić information content (AvgIpc) is 3.13. The van der Waals surface area contributed by atoms with Gasteiger partial charge in [0.05, 0.1) is 6.61 Å². The van der Waals surface area contributed by atoms with E-state index in [9.17, 15) is 14.2 Å². The molecule has 0 rings (SSSR count). The second-order valence-electron chi connectivity index (χ2n) is 15.4. The summed E-state index contributed by atoms with van der Waals surface area (Å²) < 4.78 is 26.4. The van der Waals surface area contributed by atoms with Gasteiger partial charge in [-0.25, -0.2) is 4.57 Å². The second-order valence-corrected chi connectivity index (χ2v) is 16.6. The minimum atomic E-state index is -4.75. The maximum atomic E-state index is 12.4. The lowest BCUT2D eigenvalue weighted by Gasteiger charge is -2.18. The monoisotopic (exact) mass is 773 g/mol. The molecule has 314 valence electrons. The third-order valence-corrected chi connectivity index (χ3v) is 10.5. The minimum Gasteiger partial charge on any atom is -0.462 e. The topological polar surface area (TPSA) is 119 Å². The molecule has 0 spiro atoms. The fraction of sp³-hybridized carbons (Fsp3) is 0.909. The van der Waals surface area contributed by atoms with E-state index in [1.165, 1.54) is 167 Å². The Labute approximate surface area is 327 Å². The minimum absolute atomic E-state index is 0.186. The molecular weight excluding hydrogens is 687 g/mol. The summed E-state index contributed by atoms with van der Waals surface area (Å²) >= 11 is 0. The number of carbonyl (C=O) groups is 2. The van der Waals surface area contributed by atoms with Gasteiger partial charge in [0.2, 0.25) is 0 Å². The Hall–Kier alpha value is -1.21. The summed E-state index contributed by atoms with van der Waals surface area (Å²) in [6, 6.07) is 0. The Morgan fingerprint density at radius 1 is 0.472 bits per heavy atom. The number of ether oxygens (including phenoxy) is 2. The standard InChI is InChI=1S/C44H85O8P/c1-3-5-7-9-11-13-15-17-19-20-21-22-23-25-26-28-30-32-34-36-38-43(45)50-40-42(41-51-53(47,48)49)52-44(46)39-37-35-33-31-29-27-24-18-16-14-12-10-8-6-4-2/h29,31,42H,3-28,30,32-41H2,1-2H3,(H2,47,48,49)/b31-29+/t42-/m1/s1. The van der Waals surface area contributed by atoms with Gasteiger partial charge in [-0.1, -0.05) is 199 Å². The summed E-state index contributed by atoms with van der Waals surface area (Å²) in [7, 11) is -4.75. The summed E-state index contributed by atoms with van der Waals surface area (Å²) in [6.07, 6.45) is 45.1. The lowest BCUT2D eigenvalue weighted by atomic mass is 10.0. The van der Waals surface area contributed by atoms with Crippen molar-refractivity contribution < 1.29 is 37.9 Å². The van der Waals surface area contributed by atoms with Crippen LogP contribution in [-0.2, 0) is 28.2 Å². The van der Waals surface area contributed by atoms with E-state index in [1.54, 1.807) is 0 Å². The molecule has 0 saturated heterocycles. The van der Waals surface area contributed by atoms with Crippen molar-refractivity contribution in [3.05, 3.63) is 12.2 Å². The number of carbonyl (C=O) groups excluding carboxylic acids is 2. The van der Waals surface area contributed by atoms with Crippen LogP contribution in [0.3, 0.4) is 0 Å². The van der Waals surface area contributed by atoms with Gasteiger partial charge in [-0.05, 0) is 38.5 Å². The van der Waals surface area contributed by atoms with Crippen molar-refractivity contribution >= 4 is 19.8 Å². The molecule has 0 heterocycles. The maximum absolute atomic E-state index is 12.4. The molecule has 9 heteroatoms. The Morgan fingerprint density at radius 3 is 1.19 bits per heavy atom. The molecule has 0 fully saturated rings. The molecule has 1 atom stereocenters. The SMILES string of the molecule is CCCCCCCCCCC/C=C/CCCCC(=O)O[C@H](COC(=O)CCCCCCCCCCCCCCCCCCCCCC)COP(=O)(O)O. The van der Waals surface area contributed by atoms with Crippen LogP contribution < -0.4 is 0 Å². The lowest BCUT2D eigenvalue weighted by molar-refractivity contribution is -0.161. The quantitative estimate of drug-likeness (QED) is 0.0272. The van der Waals surface area contributed by atoms with E-state index >= 15 is 0 Å². The number of rotatable bonds is 42. The molecule has 2 N–H and O–H groups in total. The third kappa shape index (κ3) is 43.4. The highest BCUT2D eigenvalue weighted by molar-refractivity contribution is 7.46. The van der Waals surface area contributed by atoms with Crippen molar-refractivity contribution in [2.75, 3.05) is 13.2 Å². The summed E-state index contributed by atoms with van der Waals surface area (Å²) in [5.41, 5.74) is 0. The molecule has 0 radical (unpaired) electrons. The molecule has 0 bridgehead atoms. The van der Waals surface area contributed by atoms with Crippen LogP contribution in [0.15, 0.2) is 12.2 Å². The summed E-state index contributed by atoms with van der Waals surface area (Å²) in [5, 5.41) is 0. The Morgan fingerprint density at radius 2 is 0.792 bits per heavy atom. The van der Waals surface area contributed by atoms with E-state index in [0.717, 1.165) is 38.5 Å². The van der Waals surface area contributed by atoms with E-state index in [1.807, 2.05) is 0 Å². The fourth-order valence-corrected chi connectivity index (χ4v) is 7.02. The number of allylic oxidation sites excluding steroid dienone is 2. The smallest absolute Gasteiger partial charge is 0.462 e. The molecule has 0 amide bonds. The maximum Gasteiger partial charge on any atom is 0.469 e. The van der Waals surface area contributed by atoms with E-state index in [2.05, 4.69) is 30.5 Å². The van der Waals surface area contributed by atoms with Gasteiger partial charge in [0.25, 0.3) is 0 Å². The van der Waals surface area contributed by atoms with Crippen LogP contribution in [0.4, 0.5) is 0 Å². The predicted octanol–water partition coefficient (Wildman–Crippen LogP) is 13.8. The summed E-state index contributed by atoms with van der Waals surface area (Å²) in [4.78, 5) is 42.9. The van der Waals surface area contributed by atoms with Crippen molar-refractivity contribution in [3.63, 3.8) is 0 Å². The molecule has 0 saturated carbocycles. The largest absolute Gasteiger partial charge is 0.469 e. The van der Waals surface area contributed by atoms with Crippen molar-refractivity contribution in [1.82, 2.24) is 0 Å². The second kappa shape index (κ2) is 40.5. The first-order valence-electron chi connectivity index (χ1n) is 22.5. The highest BCUT2D eigenvalue weighted by Gasteiger charge is 2.22. The summed E-state index contributed by atoms with van der Waals surface area (Å²) in [6.45, 7) is 3.70. The molecular formula is C44H85O8P. The van der Waals surface area contributed by atoms with Crippen LogP contribution in [-0.4, -0.2) is 41.0 Å². The Balaban J connectivity index is 3.84. The molecule has 0 aromatic rings. The molecule has 53 heavy (non-hydrogen) atoms. The number of phosphoric ester groups is 1. The normalized spacial score (nSPS) is 12.5. The van der Waals surface area contributed by atoms with E-state index in [-0.39, 0.29) is 19.4 Å². The number of hydrogen-bond donors (Lipinski definition) is 2. The van der Waals surface area contributed by atoms with Crippen molar-refractivity contribution in [3.8, 4) is 0 Å². The number of esters is 2. The van der Waals surface area contributed by atoms with Gasteiger partial charge in [-0.2, -0.15) is 0 Å². The predicted molar refractivity (Wildman–Crippen MR) is 221 cm³/mol. The van der Waals surface area contributed by atoms with Gasteiger partial charge in [0.15, 0.2) is 6.10 Å². The molecule has 0 aliphatic heterocycles. The van der Waals surface area contributed by atoms with Gasteiger partial charge >= 0.3 is 19.8 Å². The number of unbranched alkanes of at least 4 members (excludes halogenated alkanes) is 30. The van der Waals surface area contributed by atoms with E-state index in [4.69, 9.17) is 19.3 Å². The van der Waals surface area contributed by atoms with Gasteiger partial charge in [0.1, 0.15) is 6.61 Å². The van der Waals surface area contributed by atoms with Crippen LogP contribution in [0.1, 0.15) is 239 Å². The van der Waals surface area contributed by atoms with Crippen LogP contribution in [0, 0.1) is 0 Å². The zero-order chi connectivity index (χ0) is 38.9. The van der Waals surface area contributed by atoms with Gasteiger partial charge in [-0.15, -0.1) is 0 Å². The molecule has 0 aliphatic rings. The lowest BCUT2D eigenvalue weighted by Crippen LogP contribution is -2.29. The zero-order valence-electron chi connectivity index (χ0n) is 34.7. The number of hydrogen-bond acceptors (Lipinski definition) is 6. The van der Waals surface area contributed by atoms with E-state index in [0.29, 0.717) is 6.42 Å². The molecule has 0 aromatic carbocycles. The molecule has 0 aliphatic carbocycles.